The van der Waals surface area contributed by atoms with E-state index >= 15 is 0 Å². The molecule has 0 bridgehead atoms. The van der Waals surface area contributed by atoms with E-state index in [0.29, 0.717) is 25.2 Å². The first kappa shape index (κ1) is 17.9. The van der Waals surface area contributed by atoms with Crippen LogP contribution in [-0.4, -0.2) is 37.0 Å². The third kappa shape index (κ3) is 6.55. The normalized spacial score (nSPS) is 25.9. The van der Waals surface area contributed by atoms with Crippen LogP contribution < -0.4 is 5.32 Å². The lowest BCUT2D eigenvalue weighted by atomic mass is 9.81. The molecule has 0 aromatic rings. The summed E-state index contributed by atoms with van der Waals surface area (Å²) in [5.41, 5.74) is 0.263. The van der Waals surface area contributed by atoms with Crippen molar-refractivity contribution in [3.8, 4) is 0 Å². The van der Waals surface area contributed by atoms with Gasteiger partial charge in [0.05, 0.1) is 18.8 Å². The van der Waals surface area contributed by atoms with Gasteiger partial charge in [0.1, 0.15) is 0 Å². The van der Waals surface area contributed by atoms with Crippen LogP contribution in [0.4, 0.5) is 0 Å². The van der Waals surface area contributed by atoms with Crippen molar-refractivity contribution in [1.29, 1.82) is 0 Å². The number of hydrogen-bond donors (Lipinski definition) is 2. The maximum absolute atomic E-state index is 9.99. The Bertz CT molecular complexity index is 266. The van der Waals surface area contributed by atoms with Gasteiger partial charge in [-0.2, -0.15) is 0 Å². The van der Waals surface area contributed by atoms with Crippen molar-refractivity contribution < 1.29 is 9.84 Å². The van der Waals surface area contributed by atoms with Crippen LogP contribution in [-0.2, 0) is 4.74 Å². The summed E-state index contributed by atoms with van der Waals surface area (Å²) in [6, 6.07) is 0. The minimum Gasteiger partial charge on any atom is -0.389 e. The van der Waals surface area contributed by atoms with Crippen molar-refractivity contribution in [2.24, 2.45) is 17.3 Å². The Balaban J connectivity index is 2.12. The summed E-state index contributed by atoms with van der Waals surface area (Å²) in [4.78, 5) is 0. The van der Waals surface area contributed by atoms with E-state index in [2.05, 4.69) is 39.9 Å². The third-order valence-electron chi connectivity index (χ3n) is 4.94. The van der Waals surface area contributed by atoms with Crippen molar-refractivity contribution in [3.05, 3.63) is 0 Å². The fourth-order valence-electron chi connectivity index (χ4n) is 2.60. The highest BCUT2D eigenvalue weighted by molar-refractivity contribution is 4.76. The maximum atomic E-state index is 9.99. The van der Waals surface area contributed by atoms with Crippen LogP contribution in [0.3, 0.4) is 0 Å². The van der Waals surface area contributed by atoms with E-state index in [1.165, 1.54) is 12.8 Å². The molecular weight excluding hydrogens is 250 g/mol. The Labute approximate surface area is 125 Å². The predicted molar refractivity (Wildman–Crippen MR) is 84.9 cm³/mol. The van der Waals surface area contributed by atoms with Gasteiger partial charge in [-0.25, -0.2) is 0 Å². The molecule has 120 valence electrons. The van der Waals surface area contributed by atoms with Crippen molar-refractivity contribution >= 4 is 0 Å². The van der Waals surface area contributed by atoms with Crippen molar-refractivity contribution in [1.82, 2.24) is 5.32 Å². The molecule has 1 saturated carbocycles. The SMILES string of the molecule is CC1CCCC(OCC(O)CNCC(C)(C)C(C)C)C1. The summed E-state index contributed by atoms with van der Waals surface area (Å²) in [5, 5.41) is 13.4. The van der Waals surface area contributed by atoms with E-state index in [1.807, 2.05) is 0 Å². The molecule has 3 atom stereocenters. The number of ether oxygens (including phenoxy) is 1. The van der Waals surface area contributed by atoms with Crippen LogP contribution in [0.2, 0.25) is 0 Å². The van der Waals surface area contributed by atoms with Gasteiger partial charge in [0.25, 0.3) is 0 Å². The van der Waals surface area contributed by atoms with Crippen molar-refractivity contribution in [2.45, 2.75) is 72.5 Å². The Kier molecular flexibility index (Phi) is 7.49. The average molecular weight is 285 g/mol. The van der Waals surface area contributed by atoms with Gasteiger partial charge in [0.15, 0.2) is 0 Å². The Morgan fingerprint density at radius 1 is 1.30 bits per heavy atom. The molecule has 3 nitrogen and oxygen atoms in total. The molecule has 0 heterocycles. The minimum atomic E-state index is -0.393. The highest BCUT2D eigenvalue weighted by Gasteiger charge is 2.23. The van der Waals surface area contributed by atoms with Crippen molar-refractivity contribution in [2.75, 3.05) is 19.7 Å². The van der Waals surface area contributed by atoms with Crippen LogP contribution in [0.15, 0.2) is 0 Å². The smallest absolute Gasteiger partial charge is 0.0897 e. The zero-order valence-electron chi connectivity index (χ0n) is 14.1. The van der Waals surface area contributed by atoms with Crippen molar-refractivity contribution in [3.63, 3.8) is 0 Å². The van der Waals surface area contributed by atoms with Gasteiger partial charge < -0.3 is 15.2 Å². The highest BCUT2D eigenvalue weighted by atomic mass is 16.5. The van der Waals surface area contributed by atoms with E-state index in [-0.39, 0.29) is 5.41 Å². The first-order valence-electron chi connectivity index (χ1n) is 8.31. The summed E-state index contributed by atoms with van der Waals surface area (Å²) < 4.78 is 5.86. The van der Waals surface area contributed by atoms with E-state index in [9.17, 15) is 5.11 Å². The molecule has 20 heavy (non-hydrogen) atoms. The first-order valence-corrected chi connectivity index (χ1v) is 8.31. The number of rotatable bonds is 8. The fraction of sp³-hybridized carbons (Fsp3) is 1.00. The molecule has 0 aromatic heterocycles. The molecule has 1 fully saturated rings. The lowest BCUT2D eigenvalue weighted by Gasteiger charge is -2.30. The number of aliphatic hydroxyl groups is 1. The zero-order valence-corrected chi connectivity index (χ0v) is 14.1. The molecule has 0 amide bonds. The molecule has 1 rings (SSSR count). The predicted octanol–water partition coefficient (Wildman–Crippen LogP) is 3.21. The van der Waals surface area contributed by atoms with Gasteiger partial charge in [-0.1, -0.05) is 47.5 Å². The summed E-state index contributed by atoms with van der Waals surface area (Å²) in [5.74, 6) is 1.41. The van der Waals surface area contributed by atoms with E-state index < -0.39 is 6.10 Å². The quantitative estimate of drug-likeness (QED) is 0.719. The standard InChI is InChI=1S/C17H35NO2/c1-13(2)17(4,5)12-18-10-15(19)11-20-16-8-6-7-14(3)9-16/h13-16,18-19H,6-12H2,1-5H3. The van der Waals surface area contributed by atoms with Gasteiger partial charge >= 0.3 is 0 Å². The Hall–Kier alpha value is -0.120. The second-order valence-corrected chi connectivity index (χ2v) is 7.66. The van der Waals surface area contributed by atoms with Crippen LogP contribution in [0.5, 0.6) is 0 Å². The number of nitrogens with one attached hydrogen (secondary N) is 1. The van der Waals surface area contributed by atoms with Crippen LogP contribution in [0.1, 0.15) is 60.3 Å². The molecule has 0 aliphatic heterocycles. The topological polar surface area (TPSA) is 41.5 Å². The molecule has 0 spiro atoms. The molecule has 0 aromatic carbocycles. The monoisotopic (exact) mass is 285 g/mol. The zero-order chi connectivity index (χ0) is 15.2. The minimum absolute atomic E-state index is 0.263. The molecule has 3 heteroatoms. The molecule has 0 saturated heterocycles. The molecule has 3 unspecified atom stereocenters. The summed E-state index contributed by atoms with van der Waals surface area (Å²) >= 11 is 0. The van der Waals surface area contributed by atoms with E-state index in [1.54, 1.807) is 0 Å². The number of hydrogen-bond acceptors (Lipinski definition) is 3. The Morgan fingerprint density at radius 2 is 2.00 bits per heavy atom. The third-order valence-corrected chi connectivity index (χ3v) is 4.94. The van der Waals surface area contributed by atoms with Gasteiger partial charge in [-0.05, 0) is 30.1 Å². The maximum Gasteiger partial charge on any atom is 0.0897 e. The first-order chi connectivity index (χ1) is 9.31. The molecule has 0 radical (unpaired) electrons. The molecular formula is C17H35NO2. The second kappa shape index (κ2) is 8.35. The van der Waals surface area contributed by atoms with E-state index in [4.69, 9.17) is 4.74 Å². The van der Waals surface area contributed by atoms with Gasteiger partial charge in [0, 0.05) is 13.1 Å². The van der Waals surface area contributed by atoms with Crippen LogP contribution in [0.25, 0.3) is 0 Å². The van der Waals surface area contributed by atoms with Gasteiger partial charge in [-0.3, -0.25) is 0 Å². The second-order valence-electron chi connectivity index (χ2n) is 7.66. The summed E-state index contributed by atoms with van der Waals surface area (Å²) in [6.07, 6.45) is 4.87. The highest BCUT2D eigenvalue weighted by Crippen LogP contribution is 2.26. The largest absolute Gasteiger partial charge is 0.389 e. The lowest BCUT2D eigenvalue weighted by molar-refractivity contribution is -0.0311. The number of aliphatic hydroxyl groups excluding tert-OH is 1. The van der Waals surface area contributed by atoms with Crippen LogP contribution in [0, 0.1) is 17.3 Å². The Morgan fingerprint density at radius 3 is 2.60 bits per heavy atom. The molecule has 1 aliphatic carbocycles. The van der Waals surface area contributed by atoms with E-state index in [0.717, 1.165) is 25.3 Å². The summed E-state index contributed by atoms with van der Waals surface area (Å²) in [6.45, 7) is 13.3. The summed E-state index contributed by atoms with van der Waals surface area (Å²) in [7, 11) is 0. The lowest BCUT2D eigenvalue weighted by Crippen LogP contribution is -2.39. The molecule has 1 aliphatic rings. The van der Waals surface area contributed by atoms with Crippen LogP contribution >= 0.6 is 0 Å². The van der Waals surface area contributed by atoms with Gasteiger partial charge in [0.2, 0.25) is 0 Å². The fourth-order valence-corrected chi connectivity index (χ4v) is 2.60. The average Bonchev–Trinajstić information content (AvgIpc) is 2.36. The molecule has 2 N–H and O–H groups in total. The van der Waals surface area contributed by atoms with Gasteiger partial charge in [-0.15, -0.1) is 0 Å².